The molecule has 0 aromatic rings. The second-order valence-electron chi connectivity index (χ2n) is 3.49. The van der Waals surface area contributed by atoms with Crippen LogP contribution >= 0.6 is 11.8 Å². The summed E-state index contributed by atoms with van der Waals surface area (Å²) in [5.41, 5.74) is 4.84. The van der Waals surface area contributed by atoms with Gasteiger partial charge in [0.2, 0.25) is 5.91 Å². The Hall–Kier alpha value is -0.430. The first-order valence-electron chi connectivity index (χ1n) is 4.50. The lowest BCUT2D eigenvalue weighted by Gasteiger charge is -2.27. The molecule has 0 aliphatic carbocycles. The van der Waals surface area contributed by atoms with Gasteiger partial charge in [0.15, 0.2) is 6.04 Å². The van der Waals surface area contributed by atoms with E-state index in [1.165, 1.54) is 7.05 Å². The highest BCUT2D eigenvalue weighted by Crippen LogP contribution is 2.24. The molecule has 0 spiro atoms. The lowest BCUT2D eigenvalue weighted by molar-refractivity contribution is -0.170. The fourth-order valence-electron chi connectivity index (χ4n) is 1.37. The average Bonchev–Trinajstić information content (AvgIpc) is 2.65. The molecule has 2 atom stereocenters. The number of halogens is 3. The second kappa shape index (κ2) is 4.61. The zero-order valence-electron chi connectivity index (χ0n) is 8.25. The molecule has 1 fully saturated rings. The smallest absolute Gasteiger partial charge is 0.340 e. The predicted molar refractivity (Wildman–Crippen MR) is 52.5 cm³/mol. The maximum Gasteiger partial charge on any atom is 0.412 e. The number of alkyl halides is 3. The van der Waals surface area contributed by atoms with E-state index in [4.69, 9.17) is 5.73 Å². The SMILES string of the molecule is CN(C(=O)C(N)C(F)(F)F)C1CCSC1. The number of thioether (sulfide) groups is 1. The minimum absolute atomic E-state index is 0.115. The van der Waals surface area contributed by atoms with Crippen molar-refractivity contribution in [1.82, 2.24) is 4.90 Å². The fourth-order valence-corrected chi connectivity index (χ4v) is 2.63. The van der Waals surface area contributed by atoms with Crippen molar-refractivity contribution in [3.8, 4) is 0 Å². The number of likely N-dealkylation sites (N-methyl/N-ethyl adjacent to an activating group) is 1. The van der Waals surface area contributed by atoms with Crippen LogP contribution in [0.15, 0.2) is 0 Å². The first-order valence-corrected chi connectivity index (χ1v) is 5.66. The third-order valence-electron chi connectivity index (χ3n) is 2.42. The normalized spacial score (nSPS) is 23.9. The fraction of sp³-hybridized carbons (Fsp3) is 0.875. The van der Waals surface area contributed by atoms with Crippen LogP contribution in [0.5, 0.6) is 0 Å². The highest BCUT2D eigenvalue weighted by Gasteiger charge is 2.44. The minimum atomic E-state index is -4.66. The summed E-state index contributed by atoms with van der Waals surface area (Å²) in [5, 5.41) is 0. The van der Waals surface area contributed by atoms with Gasteiger partial charge in [-0.3, -0.25) is 4.79 Å². The van der Waals surface area contributed by atoms with Crippen molar-refractivity contribution >= 4 is 17.7 Å². The van der Waals surface area contributed by atoms with E-state index < -0.39 is 18.1 Å². The van der Waals surface area contributed by atoms with Crippen molar-refractivity contribution < 1.29 is 18.0 Å². The van der Waals surface area contributed by atoms with Crippen LogP contribution in [-0.4, -0.2) is 47.6 Å². The van der Waals surface area contributed by atoms with E-state index in [1.807, 2.05) is 0 Å². The van der Waals surface area contributed by atoms with E-state index in [-0.39, 0.29) is 6.04 Å². The van der Waals surface area contributed by atoms with Crippen molar-refractivity contribution in [2.24, 2.45) is 5.73 Å². The Morgan fingerprint density at radius 2 is 2.20 bits per heavy atom. The molecule has 0 aromatic heterocycles. The van der Waals surface area contributed by atoms with E-state index in [9.17, 15) is 18.0 Å². The summed E-state index contributed by atoms with van der Waals surface area (Å²) in [5.74, 6) is 0.520. The van der Waals surface area contributed by atoms with Gasteiger partial charge >= 0.3 is 6.18 Å². The molecule has 7 heteroatoms. The van der Waals surface area contributed by atoms with E-state index in [1.54, 1.807) is 11.8 Å². The molecule has 1 saturated heterocycles. The molecule has 1 heterocycles. The Bertz CT molecular complexity index is 241. The number of hydrogen-bond acceptors (Lipinski definition) is 3. The maximum atomic E-state index is 12.2. The zero-order valence-corrected chi connectivity index (χ0v) is 9.07. The van der Waals surface area contributed by atoms with Crippen LogP contribution in [0.1, 0.15) is 6.42 Å². The van der Waals surface area contributed by atoms with Crippen molar-refractivity contribution in [3.05, 3.63) is 0 Å². The Kier molecular flexibility index (Phi) is 3.88. The van der Waals surface area contributed by atoms with Crippen molar-refractivity contribution in [2.75, 3.05) is 18.6 Å². The van der Waals surface area contributed by atoms with Crippen LogP contribution in [0, 0.1) is 0 Å². The van der Waals surface area contributed by atoms with Crippen LogP contribution in [0.3, 0.4) is 0 Å². The molecule has 15 heavy (non-hydrogen) atoms. The number of hydrogen-bond donors (Lipinski definition) is 1. The number of carbonyl (C=O) groups is 1. The van der Waals surface area contributed by atoms with Crippen LogP contribution in [0.25, 0.3) is 0 Å². The van der Waals surface area contributed by atoms with Crippen molar-refractivity contribution in [2.45, 2.75) is 24.7 Å². The molecule has 1 rings (SSSR count). The standard InChI is InChI=1S/C8H13F3N2OS/c1-13(5-2-3-15-4-5)7(14)6(12)8(9,10)11/h5-6H,2-4,12H2,1H3. The van der Waals surface area contributed by atoms with Gasteiger partial charge in [0, 0.05) is 18.8 Å². The lowest BCUT2D eigenvalue weighted by Crippen LogP contribution is -2.53. The predicted octanol–water partition coefficient (Wildman–Crippen LogP) is 0.840. The minimum Gasteiger partial charge on any atom is -0.340 e. The summed E-state index contributed by atoms with van der Waals surface area (Å²) in [4.78, 5) is 12.5. The van der Waals surface area contributed by atoms with Crippen molar-refractivity contribution in [3.63, 3.8) is 0 Å². The molecular formula is C8H13F3N2OS. The molecule has 2 unspecified atom stereocenters. The average molecular weight is 242 g/mol. The Labute approximate surface area is 90.2 Å². The number of nitrogens with zero attached hydrogens (tertiary/aromatic N) is 1. The third-order valence-corrected chi connectivity index (χ3v) is 3.56. The summed E-state index contributed by atoms with van der Waals surface area (Å²) in [6.07, 6.45) is -3.92. The Morgan fingerprint density at radius 3 is 2.60 bits per heavy atom. The highest BCUT2D eigenvalue weighted by atomic mass is 32.2. The van der Waals surface area contributed by atoms with E-state index in [0.717, 1.165) is 17.1 Å². The quantitative estimate of drug-likeness (QED) is 0.780. The first-order chi connectivity index (χ1) is 6.84. The number of rotatable bonds is 2. The second-order valence-corrected chi connectivity index (χ2v) is 4.64. The number of amides is 1. The molecule has 88 valence electrons. The first kappa shape index (κ1) is 12.6. The third kappa shape index (κ3) is 3.01. The topological polar surface area (TPSA) is 46.3 Å². The van der Waals surface area contributed by atoms with Crippen LogP contribution < -0.4 is 5.73 Å². The molecule has 2 N–H and O–H groups in total. The van der Waals surface area contributed by atoms with Crippen molar-refractivity contribution in [1.29, 1.82) is 0 Å². The zero-order chi connectivity index (χ0) is 11.6. The van der Waals surface area contributed by atoms with Crippen LogP contribution in [0.4, 0.5) is 13.2 Å². The molecule has 1 aliphatic heterocycles. The van der Waals surface area contributed by atoms with E-state index >= 15 is 0 Å². The molecule has 1 amide bonds. The molecule has 3 nitrogen and oxygen atoms in total. The molecule has 0 radical (unpaired) electrons. The summed E-state index contributed by atoms with van der Waals surface area (Å²) < 4.78 is 36.5. The molecule has 0 aromatic carbocycles. The van der Waals surface area contributed by atoms with Gasteiger partial charge in [-0.2, -0.15) is 24.9 Å². The summed E-state index contributed by atoms with van der Waals surface area (Å²) in [6, 6.07) is -2.51. The number of carbonyl (C=O) groups excluding carboxylic acids is 1. The van der Waals surface area contributed by atoms with E-state index in [0.29, 0.717) is 5.75 Å². The summed E-state index contributed by atoms with van der Waals surface area (Å²) in [6.45, 7) is 0. The van der Waals surface area contributed by atoms with Gasteiger partial charge in [0.25, 0.3) is 0 Å². The van der Waals surface area contributed by atoms with Gasteiger partial charge in [-0.1, -0.05) is 0 Å². The van der Waals surface area contributed by atoms with E-state index in [2.05, 4.69) is 0 Å². The Balaban J connectivity index is 2.59. The van der Waals surface area contributed by atoms with Gasteiger partial charge in [0.1, 0.15) is 0 Å². The molecule has 1 aliphatic rings. The van der Waals surface area contributed by atoms with Gasteiger partial charge in [-0.05, 0) is 12.2 Å². The number of nitrogens with two attached hydrogens (primary N) is 1. The molecular weight excluding hydrogens is 229 g/mol. The van der Waals surface area contributed by atoms with Gasteiger partial charge in [-0.15, -0.1) is 0 Å². The largest absolute Gasteiger partial charge is 0.412 e. The van der Waals surface area contributed by atoms with Crippen LogP contribution in [0.2, 0.25) is 0 Å². The molecule has 0 saturated carbocycles. The summed E-state index contributed by atoms with van der Waals surface area (Å²) in [7, 11) is 1.38. The van der Waals surface area contributed by atoms with Crippen LogP contribution in [-0.2, 0) is 4.79 Å². The maximum absolute atomic E-state index is 12.2. The summed E-state index contributed by atoms with van der Waals surface area (Å²) >= 11 is 1.63. The Morgan fingerprint density at radius 1 is 1.60 bits per heavy atom. The lowest BCUT2D eigenvalue weighted by atomic mass is 10.2. The van der Waals surface area contributed by atoms with Gasteiger partial charge in [-0.25, -0.2) is 0 Å². The monoisotopic (exact) mass is 242 g/mol. The van der Waals surface area contributed by atoms with Gasteiger partial charge < -0.3 is 10.6 Å². The highest BCUT2D eigenvalue weighted by molar-refractivity contribution is 7.99. The molecule has 0 bridgehead atoms. The van der Waals surface area contributed by atoms with Gasteiger partial charge in [0.05, 0.1) is 0 Å².